The molecule has 1 aliphatic heterocycles. The summed E-state index contributed by atoms with van der Waals surface area (Å²) < 4.78 is 14.9. The van der Waals surface area contributed by atoms with Crippen LogP contribution in [0.25, 0.3) is 0 Å². The third kappa shape index (κ3) is 10.9. The zero-order valence-electron chi connectivity index (χ0n) is 25.6. The quantitative estimate of drug-likeness (QED) is 0.132. The summed E-state index contributed by atoms with van der Waals surface area (Å²) >= 11 is 0. The minimum Gasteiger partial charge on any atom is -0.393 e. The lowest BCUT2D eigenvalue weighted by Gasteiger charge is -2.28. The van der Waals surface area contributed by atoms with Crippen LogP contribution in [0.1, 0.15) is 143 Å². The minimum atomic E-state index is -2.11. The Kier molecular flexibility index (Phi) is 15.8. The molecule has 9 heteroatoms. The number of aromatic nitrogens is 2. The summed E-state index contributed by atoms with van der Waals surface area (Å²) in [6.45, 7) is 1.37. The van der Waals surface area contributed by atoms with E-state index in [4.69, 9.17) is 11.8 Å². The first-order valence-electron chi connectivity index (χ1n) is 16.3. The van der Waals surface area contributed by atoms with Gasteiger partial charge in [0.25, 0.3) is 0 Å². The van der Waals surface area contributed by atoms with Crippen LogP contribution in [0.2, 0.25) is 0 Å². The number of nitrogens with zero attached hydrogens (tertiary/aromatic N) is 2. The highest BCUT2D eigenvalue weighted by atomic mass is 16.6. The second-order valence-electron chi connectivity index (χ2n) is 11.4. The van der Waals surface area contributed by atoms with Gasteiger partial charge in [-0.1, -0.05) is 122 Å². The molecule has 1 fully saturated rings. The monoisotopic (exact) mass is 566 g/mol. The lowest BCUT2D eigenvalue weighted by Crippen LogP contribution is -2.52. The van der Waals surface area contributed by atoms with E-state index in [1.54, 1.807) is 0 Å². The zero-order valence-corrected chi connectivity index (χ0v) is 24.6. The van der Waals surface area contributed by atoms with E-state index in [0.717, 1.165) is 23.8 Å². The molecule has 0 saturated carbocycles. The molecule has 9 nitrogen and oxygen atoms in total. The number of unbranched alkanes of at least 4 members (excludes halogenated alkanes) is 16. The second-order valence-corrected chi connectivity index (χ2v) is 11.4. The van der Waals surface area contributed by atoms with E-state index in [0.29, 0.717) is 6.42 Å². The number of carbonyl (C=O) groups excluding carboxylic acids is 1. The molecule has 0 bridgehead atoms. The molecular formula is C31H55N3O6. The molecular weight excluding hydrogens is 510 g/mol. The fraction of sp³-hybridized carbons (Fsp3) is 0.839. The molecule has 1 aromatic heterocycles. The van der Waals surface area contributed by atoms with Gasteiger partial charge in [-0.15, -0.1) is 0 Å². The van der Waals surface area contributed by atoms with Gasteiger partial charge in [-0.25, -0.2) is 4.79 Å². The molecule has 1 aliphatic rings. The predicted molar refractivity (Wildman–Crippen MR) is 158 cm³/mol. The standard InChI is InChI=1S/C31H55N3O6/c1-2-3-4-5-6-7-8-9-10-11-12-13-14-15-16-17-18-19-20-21-25(36)31(24-35)28(38)27(37)29(40-31)34-23-22-26(32)33-30(34)39/h22-23,27-29,35,37-38H,2-21,24H2,1H3,(H2,32,33,39)/t27-,28-,29?,31-/m0/s1/i20D/t20?,27-,28-,29?,31-. The Balaban J connectivity index is 1.57. The van der Waals surface area contributed by atoms with E-state index >= 15 is 0 Å². The molecule has 2 rings (SSSR count). The van der Waals surface area contributed by atoms with E-state index in [9.17, 15) is 24.9 Å². The topological polar surface area (TPSA) is 148 Å². The van der Waals surface area contributed by atoms with E-state index in [1.165, 1.54) is 102 Å². The Hall–Kier alpha value is -1.81. The van der Waals surface area contributed by atoms with Crippen molar-refractivity contribution in [2.24, 2.45) is 0 Å². The van der Waals surface area contributed by atoms with Crippen LogP contribution in [0.3, 0.4) is 0 Å². The average molecular weight is 567 g/mol. The molecule has 0 aliphatic carbocycles. The van der Waals surface area contributed by atoms with Gasteiger partial charge in [0.2, 0.25) is 0 Å². The van der Waals surface area contributed by atoms with Crippen LogP contribution in [-0.2, 0) is 9.53 Å². The van der Waals surface area contributed by atoms with Crippen LogP contribution in [0.4, 0.5) is 5.82 Å². The van der Waals surface area contributed by atoms with Gasteiger partial charge >= 0.3 is 5.69 Å². The minimum absolute atomic E-state index is 0.0230. The van der Waals surface area contributed by atoms with Crippen LogP contribution in [-0.4, -0.2) is 55.1 Å². The Morgan fingerprint density at radius 1 is 0.950 bits per heavy atom. The molecule has 2 unspecified atom stereocenters. The maximum absolute atomic E-state index is 13.1. The molecule has 2 heterocycles. The fourth-order valence-electron chi connectivity index (χ4n) is 5.50. The molecule has 1 saturated heterocycles. The first kappa shape index (κ1) is 32.7. The Labute approximate surface area is 241 Å². The number of Topliss-reactive ketones (excluding diaryl/α,β-unsaturated/α-hetero) is 1. The van der Waals surface area contributed by atoms with Gasteiger partial charge in [0.1, 0.15) is 18.0 Å². The number of ketones is 1. The zero-order chi connectivity index (χ0) is 30.1. The Morgan fingerprint density at radius 3 is 1.88 bits per heavy atom. The fourth-order valence-corrected chi connectivity index (χ4v) is 5.50. The van der Waals surface area contributed by atoms with Gasteiger partial charge < -0.3 is 25.8 Å². The Bertz CT molecular complexity index is 931. The summed E-state index contributed by atoms with van der Waals surface area (Å²) in [5.74, 6) is -0.692. The molecule has 230 valence electrons. The van der Waals surface area contributed by atoms with Crippen LogP contribution in [0.15, 0.2) is 17.1 Å². The van der Waals surface area contributed by atoms with Gasteiger partial charge in [-0.3, -0.25) is 9.36 Å². The van der Waals surface area contributed by atoms with Gasteiger partial charge in [-0.2, -0.15) is 4.98 Å². The summed E-state index contributed by atoms with van der Waals surface area (Å²) in [5.41, 5.74) is 2.57. The van der Waals surface area contributed by atoms with Crippen molar-refractivity contribution in [3.8, 4) is 0 Å². The number of aliphatic hydroxyl groups excluding tert-OH is 3. The highest BCUT2D eigenvalue weighted by Gasteiger charge is 2.58. The highest BCUT2D eigenvalue weighted by molar-refractivity contribution is 5.88. The van der Waals surface area contributed by atoms with E-state index in [1.807, 2.05) is 0 Å². The van der Waals surface area contributed by atoms with E-state index in [-0.39, 0.29) is 12.2 Å². The van der Waals surface area contributed by atoms with Crippen molar-refractivity contribution in [1.82, 2.24) is 9.55 Å². The van der Waals surface area contributed by atoms with Crippen molar-refractivity contribution < 1.29 is 26.2 Å². The first-order valence-corrected chi connectivity index (χ1v) is 15.7. The lowest BCUT2D eigenvalue weighted by molar-refractivity contribution is -0.164. The third-order valence-corrected chi connectivity index (χ3v) is 8.10. The number of hydrogen-bond donors (Lipinski definition) is 4. The number of rotatable bonds is 23. The maximum Gasteiger partial charge on any atom is 0.351 e. The molecule has 5 N–H and O–H groups in total. The Morgan fingerprint density at radius 2 is 1.43 bits per heavy atom. The molecule has 0 radical (unpaired) electrons. The van der Waals surface area contributed by atoms with Gasteiger partial charge in [0, 0.05) is 14.0 Å². The number of nitrogens with two attached hydrogens (primary N) is 1. The van der Waals surface area contributed by atoms with Crippen molar-refractivity contribution >= 4 is 11.6 Å². The summed E-state index contributed by atoms with van der Waals surface area (Å²) in [6.07, 6.45) is 17.7. The number of ether oxygens (including phenoxy) is 1. The van der Waals surface area contributed by atoms with Crippen molar-refractivity contribution in [2.75, 3.05) is 12.3 Å². The molecule has 5 atom stereocenters. The molecule has 1 aromatic rings. The number of anilines is 1. The lowest BCUT2D eigenvalue weighted by atomic mass is 9.88. The van der Waals surface area contributed by atoms with Gasteiger partial charge in [-0.05, 0) is 12.5 Å². The van der Waals surface area contributed by atoms with Crippen molar-refractivity contribution in [3.05, 3.63) is 22.7 Å². The largest absolute Gasteiger partial charge is 0.393 e. The number of nitrogen functional groups attached to an aromatic ring is 1. The predicted octanol–water partition coefficient (Wildman–Crippen LogP) is 5.20. The normalized spacial score (nSPS) is 23.8. The van der Waals surface area contributed by atoms with E-state index < -0.39 is 48.5 Å². The third-order valence-electron chi connectivity index (χ3n) is 8.10. The van der Waals surface area contributed by atoms with Crippen LogP contribution < -0.4 is 11.4 Å². The van der Waals surface area contributed by atoms with Crippen LogP contribution >= 0.6 is 0 Å². The number of carbonyl (C=O) groups is 1. The SMILES string of the molecule is [2H]C(CCCCCCCCCCCCCCCCCCC)CC(=O)[C@]1(CO)OC(n2ccc(N)nc2=O)[C@@H](O)[C@@H]1O. The van der Waals surface area contributed by atoms with Crippen LogP contribution in [0.5, 0.6) is 0 Å². The molecule has 40 heavy (non-hydrogen) atoms. The molecule has 0 spiro atoms. The first-order chi connectivity index (χ1) is 19.8. The average Bonchev–Trinajstić information content (AvgIpc) is 3.21. The highest BCUT2D eigenvalue weighted by Crippen LogP contribution is 2.38. The number of hydrogen-bond acceptors (Lipinski definition) is 8. The summed E-state index contributed by atoms with van der Waals surface area (Å²) in [5, 5.41) is 31.1. The summed E-state index contributed by atoms with van der Waals surface area (Å²) in [7, 11) is 0. The van der Waals surface area contributed by atoms with Crippen LogP contribution in [0, 0.1) is 0 Å². The van der Waals surface area contributed by atoms with Crippen molar-refractivity contribution in [1.29, 1.82) is 0 Å². The van der Waals surface area contributed by atoms with Gasteiger partial charge in [0.15, 0.2) is 17.6 Å². The van der Waals surface area contributed by atoms with Crippen molar-refractivity contribution in [3.63, 3.8) is 0 Å². The van der Waals surface area contributed by atoms with E-state index in [2.05, 4.69) is 11.9 Å². The maximum atomic E-state index is 13.1. The molecule has 0 amide bonds. The second kappa shape index (κ2) is 19.3. The molecule has 0 aromatic carbocycles. The smallest absolute Gasteiger partial charge is 0.351 e. The summed E-state index contributed by atoms with van der Waals surface area (Å²) in [6, 6.07) is 1.32. The van der Waals surface area contributed by atoms with Crippen molar-refractivity contribution in [2.45, 2.75) is 159 Å². The summed E-state index contributed by atoms with van der Waals surface area (Å²) in [4.78, 5) is 28.8. The van der Waals surface area contributed by atoms with Gasteiger partial charge in [0.05, 0.1) is 6.61 Å². The number of aliphatic hydroxyl groups is 3.